The second-order valence-corrected chi connectivity index (χ2v) is 18.6. The van der Waals surface area contributed by atoms with Crippen LogP contribution in [0.25, 0.3) is 0 Å². The zero-order valence-corrected chi connectivity index (χ0v) is 32.7. The van der Waals surface area contributed by atoms with Crippen molar-refractivity contribution < 1.29 is 0 Å². The molecule has 4 aliphatic carbocycles. The van der Waals surface area contributed by atoms with E-state index in [0.717, 1.165) is 48.0 Å². The molecule has 1 heterocycles. The monoisotopic (exact) mass is 664 g/mol. The van der Waals surface area contributed by atoms with Crippen LogP contribution in [0.1, 0.15) is 232 Å². The van der Waals surface area contributed by atoms with Crippen molar-refractivity contribution in [1.29, 1.82) is 0 Å². The summed E-state index contributed by atoms with van der Waals surface area (Å²) in [5.41, 5.74) is 3.54. The van der Waals surface area contributed by atoms with Gasteiger partial charge in [-0.2, -0.15) is 0 Å². The molecule has 0 saturated heterocycles. The average molecular weight is 664 g/mol. The van der Waals surface area contributed by atoms with E-state index in [1.807, 2.05) is 5.57 Å². The van der Waals surface area contributed by atoms with Crippen LogP contribution in [0.5, 0.6) is 0 Å². The van der Waals surface area contributed by atoms with Crippen LogP contribution >= 0.6 is 0 Å². The Morgan fingerprint density at radius 2 is 0.583 bits per heavy atom. The van der Waals surface area contributed by atoms with Crippen molar-refractivity contribution in [3.05, 3.63) is 11.1 Å². The smallest absolute Gasteiger partial charge is 0.0164 e. The van der Waals surface area contributed by atoms with Gasteiger partial charge in [-0.25, -0.2) is 0 Å². The zero-order valence-electron chi connectivity index (χ0n) is 32.7. The van der Waals surface area contributed by atoms with E-state index in [1.165, 1.54) is 116 Å². The van der Waals surface area contributed by atoms with Crippen molar-refractivity contribution in [1.82, 2.24) is 5.32 Å². The molecule has 5 aliphatic rings. The van der Waals surface area contributed by atoms with Crippen LogP contribution in [0.15, 0.2) is 11.1 Å². The molecule has 2 unspecified atom stereocenters. The van der Waals surface area contributed by atoms with Gasteiger partial charge in [-0.3, -0.25) is 0 Å². The van der Waals surface area contributed by atoms with E-state index < -0.39 is 0 Å². The van der Waals surface area contributed by atoms with Gasteiger partial charge >= 0.3 is 0 Å². The van der Waals surface area contributed by atoms with Crippen molar-refractivity contribution in [2.45, 2.75) is 232 Å². The highest BCUT2D eigenvalue weighted by atomic mass is 14.9. The Hall–Kier alpha value is -0.300. The van der Waals surface area contributed by atoms with E-state index >= 15 is 0 Å². The molecule has 48 heavy (non-hydrogen) atoms. The third kappa shape index (κ3) is 13.7. The number of hydrogen-bond donors (Lipinski definition) is 1. The first-order valence-electron chi connectivity index (χ1n) is 23.2. The first-order chi connectivity index (χ1) is 23.8. The van der Waals surface area contributed by atoms with E-state index in [0.29, 0.717) is 0 Å². The second kappa shape index (κ2) is 23.3. The third-order valence-corrected chi connectivity index (χ3v) is 15.3. The lowest BCUT2D eigenvalue weighted by atomic mass is 9.73. The fourth-order valence-electron chi connectivity index (χ4n) is 12.3. The van der Waals surface area contributed by atoms with Gasteiger partial charge in [-0.05, 0) is 74.2 Å². The molecule has 0 aromatic rings. The van der Waals surface area contributed by atoms with Gasteiger partial charge in [0, 0.05) is 6.54 Å². The Labute approximate surface area is 301 Å². The largest absolute Gasteiger partial charge is 0.313 e. The van der Waals surface area contributed by atoms with Crippen LogP contribution < -0.4 is 5.32 Å². The molecule has 1 nitrogen and oxygen atoms in total. The first-order valence-corrected chi connectivity index (χ1v) is 23.2. The molecule has 0 spiro atoms. The van der Waals surface area contributed by atoms with Gasteiger partial charge in [0.05, 0.1) is 0 Å². The molecular formula is C47H85N. The Bertz CT molecular complexity index is 823. The molecule has 5 rings (SSSR count). The van der Waals surface area contributed by atoms with Gasteiger partial charge < -0.3 is 5.32 Å². The molecule has 1 N–H and O–H groups in total. The molecule has 4 fully saturated rings. The van der Waals surface area contributed by atoms with Gasteiger partial charge in [0.2, 0.25) is 0 Å². The van der Waals surface area contributed by atoms with Crippen molar-refractivity contribution in [3.8, 4) is 0 Å². The maximum absolute atomic E-state index is 3.61. The predicted molar refractivity (Wildman–Crippen MR) is 212 cm³/mol. The van der Waals surface area contributed by atoms with Crippen LogP contribution in [-0.4, -0.2) is 13.1 Å². The summed E-state index contributed by atoms with van der Waals surface area (Å²) in [6.45, 7) is 4.78. The molecule has 278 valence electrons. The lowest BCUT2D eigenvalue weighted by Gasteiger charge is -2.33. The Kier molecular flexibility index (Phi) is 18.9. The Morgan fingerprint density at radius 3 is 0.917 bits per heavy atom. The average Bonchev–Trinajstić information content (AvgIpc) is 3.17. The van der Waals surface area contributed by atoms with Crippen LogP contribution in [0.4, 0.5) is 0 Å². The molecule has 1 aliphatic heterocycles. The first kappa shape index (κ1) is 38.9. The summed E-state index contributed by atoms with van der Waals surface area (Å²) >= 11 is 0. The molecule has 0 radical (unpaired) electrons. The van der Waals surface area contributed by atoms with Crippen LogP contribution in [0.2, 0.25) is 0 Å². The van der Waals surface area contributed by atoms with E-state index in [1.54, 1.807) is 121 Å². The minimum atomic E-state index is 0.902. The van der Waals surface area contributed by atoms with Gasteiger partial charge in [0.25, 0.3) is 0 Å². The topological polar surface area (TPSA) is 12.0 Å². The van der Waals surface area contributed by atoms with Gasteiger partial charge in [0.15, 0.2) is 0 Å². The fourth-order valence-corrected chi connectivity index (χ4v) is 12.3. The third-order valence-electron chi connectivity index (χ3n) is 15.3. The predicted octanol–water partition coefficient (Wildman–Crippen LogP) is 14.9. The number of hydrogen-bond acceptors (Lipinski definition) is 1. The quantitative estimate of drug-likeness (QED) is 0.295. The lowest BCUT2D eigenvalue weighted by molar-refractivity contribution is 0.188. The van der Waals surface area contributed by atoms with Crippen molar-refractivity contribution >= 4 is 0 Å². The zero-order chi connectivity index (χ0) is 33.1. The maximum atomic E-state index is 3.61. The van der Waals surface area contributed by atoms with Gasteiger partial charge in [0.1, 0.15) is 0 Å². The molecular weight excluding hydrogens is 579 g/mol. The molecule has 2 atom stereocenters. The number of nitrogens with one attached hydrogen (secondary N) is 1. The summed E-state index contributed by atoms with van der Waals surface area (Å²) in [5, 5.41) is 3.61. The standard InChI is InChI=1S/C47H85N/c1-39-38-48-37-36-47(39)46-34-11-7-10-24-41(33-20-21-35-46)43-27-14-18-31-45(32-19-15-28-43)44-29-16-12-25-42(26-13-17-30-44)40-22-8-5-3-2-4-6-9-23-40/h40-46,48H,2-38H2,1H3. The summed E-state index contributed by atoms with van der Waals surface area (Å²) in [4.78, 5) is 0. The fraction of sp³-hybridized carbons (Fsp3) is 0.957. The van der Waals surface area contributed by atoms with E-state index in [2.05, 4.69) is 12.2 Å². The van der Waals surface area contributed by atoms with Crippen molar-refractivity contribution in [2.24, 2.45) is 41.4 Å². The van der Waals surface area contributed by atoms with E-state index in [4.69, 9.17) is 0 Å². The summed E-state index contributed by atoms with van der Waals surface area (Å²) in [7, 11) is 0. The molecule has 0 bridgehead atoms. The molecule has 0 aromatic carbocycles. The van der Waals surface area contributed by atoms with E-state index in [9.17, 15) is 0 Å². The Morgan fingerprint density at radius 1 is 0.333 bits per heavy atom. The summed E-state index contributed by atoms with van der Waals surface area (Å²) in [6.07, 6.45) is 53.5. The molecule has 0 amide bonds. The summed E-state index contributed by atoms with van der Waals surface area (Å²) in [5.74, 6) is 7.23. The van der Waals surface area contributed by atoms with Gasteiger partial charge in [-0.15, -0.1) is 0 Å². The van der Waals surface area contributed by atoms with Crippen molar-refractivity contribution in [2.75, 3.05) is 13.1 Å². The van der Waals surface area contributed by atoms with Crippen molar-refractivity contribution in [3.63, 3.8) is 0 Å². The normalized spacial score (nSPS) is 35.2. The molecule has 1 heteroatoms. The maximum Gasteiger partial charge on any atom is 0.0164 e. The SMILES string of the molecule is CC1=C(C2CCCCCC(C3CCCCC(C4CCCCC(C5CCCCCCCCC5)CCCC4)CCCC3)CCCC2)CCNC1. The Balaban J connectivity index is 1.04. The molecule has 4 saturated carbocycles. The van der Waals surface area contributed by atoms with Crippen LogP contribution in [-0.2, 0) is 0 Å². The highest BCUT2D eigenvalue weighted by molar-refractivity contribution is 5.19. The highest BCUT2D eigenvalue weighted by Crippen LogP contribution is 2.41. The van der Waals surface area contributed by atoms with Crippen LogP contribution in [0.3, 0.4) is 0 Å². The van der Waals surface area contributed by atoms with E-state index in [-0.39, 0.29) is 0 Å². The lowest BCUT2D eigenvalue weighted by Crippen LogP contribution is -2.26. The van der Waals surface area contributed by atoms with Crippen LogP contribution in [0, 0.1) is 41.4 Å². The summed E-state index contributed by atoms with van der Waals surface area (Å²) in [6, 6.07) is 0. The molecule has 0 aromatic heterocycles. The number of rotatable bonds is 4. The summed E-state index contributed by atoms with van der Waals surface area (Å²) < 4.78 is 0. The highest BCUT2D eigenvalue weighted by Gasteiger charge is 2.28. The minimum absolute atomic E-state index is 0.902. The van der Waals surface area contributed by atoms with Gasteiger partial charge in [-0.1, -0.05) is 217 Å². The minimum Gasteiger partial charge on any atom is -0.313 e. The second-order valence-electron chi connectivity index (χ2n) is 18.6.